The van der Waals surface area contributed by atoms with Gasteiger partial charge in [-0.3, -0.25) is 0 Å². The fourth-order valence-electron chi connectivity index (χ4n) is 2.12. The normalized spacial score (nSPS) is 12.2. The molecule has 0 amide bonds. The molecule has 1 atom stereocenters. The van der Waals surface area contributed by atoms with Crippen LogP contribution in [0.25, 0.3) is 0 Å². The minimum atomic E-state index is -0.408. The van der Waals surface area contributed by atoms with Gasteiger partial charge in [0.15, 0.2) is 11.6 Å². The van der Waals surface area contributed by atoms with Crippen LogP contribution in [0.3, 0.4) is 0 Å². The average Bonchev–Trinajstić information content (AvgIpc) is 2.43. The predicted octanol–water partition coefficient (Wildman–Crippen LogP) is 3.89. The number of ether oxygens (including phenoxy) is 1. The number of benzene rings is 2. The number of nitrogens with one attached hydrogen (secondary N) is 1. The molecule has 0 aliphatic heterocycles. The van der Waals surface area contributed by atoms with E-state index in [1.165, 1.54) is 19.2 Å². The summed E-state index contributed by atoms with van der Waals surface area (Å²) in [4.78, 5) is 0. The van der Waals surface area contributed by atoms with E-state index < -0.39 is 5.82 Å². The maximum atomic E-state index is 14.4. The van der Waals surface area contributed by atoms with E-state index >= 15 is 0 Å². The molecule has 0 saturated carbocycles. The number of halogens is 3. The molecule has 1 unspecified atom stereocenters. The van der Waals surface area contributed by atoms with Gasteiger partial charge in [0.1, 0.15) is 5.82 Å². The van der Waals surface area contributed by atoms with Gasteiger partial charge in [-0.1, -0.05) is 18.2 Å². The van der Waals surface area contributed by atoms with Crippen molar-refractivity contribution in [3.63, 3.8) is 0 Å². The molecular weight excluding hydrogens is 375 g/mol. The topological polar surface area (TPSA) is 21.3 Å². The molecule has 1 N–H and O–H groups in total. The van der Waals surface area contributed by atoms with E-state index in [4.69, 9.17) is 4.74 Å². The third kappa shape index (κ3) is 2.93. The fraction of sp³-hybridized carbons (Fsp3) is 0.200. The fourth-order valence-corrected chi connectivity index (χ4v) is 2.91. The molecule has 106 valence electrons. The summed E-state index contributed by atoms with van der Waals surface area (Å²) >= 11 is 2.05. The summed E-state index contributed by atoms with van der Waals surface area (Å²) < 4.78 is 33.3. The molecule has 0 spiro atoms. The highest BCUT2D eigenvalue weighted by molar-refractivity contribution is 14.1. The van der Waals surface area contributed by atoms with E-state index in [1.807, 2.05) is 22.6 Å². The van der Waals surface area contributed by atoms with Crippen LogP contribution < -0.4 is 10.1 Å². The van der Waals surface area contributed by atoms with Crippen LogP contribution in [0.1, 0.15) is 17.2 Å². The van der Waals surface area contributed by atoms with E-state index in [2.05, 4.69) is 5.32 Å². The molecule has 0 radical (unpaired) electrons. The van der Waals surface area contributed by atoms with Gasteiger partial charge in [0.25, 0.3) is 0 Å². The SMILES string of the molecule is CNC(c1ccc(F)cc1I)c1cccc(OC)c1F. The van der Waals surface area contributed by atoms with Gasteiger partial charge in [0, 0.05) is 9.13 Å². The Morgan fingerprint density at radius 3 is 2.50 bits per heavy atom. The Hall–Kier alpha value is -1.21. The Bertz CT molecular complexity index is 619. The molecule has 0 fully saturated rings. The van der Waals surface area contributed by atoms with Gasteiger partial charge >= 0.3 is 0 Å². The van der Waals surface area contributed by atoms with Gasteiger partial charge in [0.2, 0.25) is 0 Å². The Kier molecular flexibility index (Phi) is 4.93. The Balaban J connectivity index is 2.52. The van der Waals surface area contributed by atoms with Crippen LogP contribution in [-0.2, 0) is 0 Å². The number of rotatable bonds is 4. The molecule has 2 aromatic rings. The summed E-state index contributed by atoms with van der Waals surface area (Å²) in [6.45, 7) is 0. The zero-order chi connectivity index (χ0) is 14.7. The predicted molar refractivity (Wildman–Crippen MR) is 83.0 cm³/mol. The highest BCUT2D eigenvalue weighted by Gasteiger charge is 2.20. The molecule has 0 heterocycles. The van der Waals surface area contributed by atoms with E-state index in [-0.39, 0.29) is 17.6 Å². The summed E-state index contributed by atoms with van der Waals surface area (Å²) in [6, 6.07) is 9.10. The van der Waals surface area contributed by atoms with E-state index in [0.717, 1.165) is 9.13 Å². The lowest BCUT2D eigenvalue weighted by Crippen LogP contribution is -2.20. The molecule has 0 aromatic heterocycles. The van der Waals surface area contributed by atoms with Crippen molar-refractivity contribution < 1.29 is 13.5 Å². The van der Waals surface area contributed by atoms with Gasteiger partial charge in [0.05, 0.1) is 13.2 Å². The lowest BCUT2D eigenvalue weighted by molar-refractivity contribution is 0.382. The largest absolute Gasteiger partial charge is 0.494 e. The maximum absolute atomic E-state index is 14.4. The average molecular weight is 389 g/mol. The molecule has 0 bridgehead atoms. The lowest BCUT2D eigenvalue weighted by Gasteiger charge is -2.20. The summed E-state index contributed by atoms with van der Waals surface area (Å²) in [5, 5.41) is 3.06. The van der Waals surface area contributed by atoms with Gasteiger partial charge in [-0.25, -0.2) is 8.78 Å². The molecular formula is C15H14F2INO. The Morgan fingerprint density at radius 1 is 1.15 bits per heavy atom. The highest BCUT2D eigenvalue weighted by Crippen LogP contribution is 2.31. The molecule has 20 heavy (non-hydrogen) atoms. The van der Waals surface area contributed by atoms with Crippen molar-refractivity contribution in [2.24, 2.45) is 0 Å². The molecule has 0 aliphatic rings. The monoisotopic (exact) mass is 389 g/mol. The number of hydrogen-bond acceptors (Lipinski definition) is 2. The van der Waals surface area contributed by atoms with Crippen molar-refractivity contribution in [3.05, 3.63) is 62.7 Å². The van der Waals surface area contributed by atoms with E-state index in [0.29, 0.717) is 5.56 Å². The molecule has 0 saturated heterocycles. The second-order valence-electron chi connectivity index (χ2n) is 4.25. The minimum absolute atomic E-state index is 0.194. The van der Waals surface area contributed by atoms with Crippen molar-refractivity contribution in [2.75, 3.05) is 14.2 Å². The maximum Gasteiger partial charge on any atom is 0.170 e. The van der Waals surface area contributed by atoms with Gasteiger partial charge in [-0.2, -0.15) is 0 Å². The van der Waals surface area contributed by atoms with Crippen LogP contribution >= 0.6 is 22.6 Å². The first-order valence-corrected chi connectivity index (χ1v) is 7.11. The first-order valence-electron chi connectivity index (χ1n) is 6.03. The second-order valence-corrected chi connectivity index (χ2v) is 5.41. The number of hydrogen-bond donors (Lipinski definition) is 1. The summed E-state index contributed by atoms with van der Waals surface area (Å²) in [7, 11) is 3.17. The molecule has 0 aliphatic carbocycles. The first kappa shape index (κ1) is 15.2. The van der Waals surface area contributed by atoms with Crippen molar-refractivity contribution >= 4 is 22.6 Å². The van der Waals surface area contributed by atoms with Gasteiger partial charge in [-0.15, -0.1) is 0 Å². The summed E-state index contributed by atoms with van der Waals surface area (Å²) in [5.74, 6) is -0.520. The zero-order valence-electron chi connectivity index (χ0n) is 11.1. The third-order valence-corrected chi connectivity index (χ3v) is 4.02. The third-order valence-electron chi connectivity index (χ3n) is 3.09. The molecule has 5 heteroatoms. The first-order chi connectivity index (χ1) is 9.58. The summed E-state index contributed by atoms with van der Waals surface area (Å²) in [6.07, 6.45) is 0. The Labute approximate surface area is 130 Å². The second kappa shape index (κ2) is 6.49. The van der Waals surface area contributed by atoms with Crippen LogP contribution in [0, 0.1) is 15.2 Å². The van der Waals surface area contributed by atoms with Crippen LogP contribution in [-0.4, -0.2) is 14.2 Å². The van der Waals surface area contributed by atoms with Crippen LogP contribution in [0.15, 0.2) is 36.4 Å². The Morgan fingerprint density at radius 2 is 1.90 bits per heavy atom. The van der Waals surface area contributed by atoms with E-state index in [1.54, 1.807) is 31.3 Å². The number of methoxy groups -OCH3 is 1. The van der Waals surface area contributed by atoms with Crippen molar-refractivity contribution in [1.29, 1.82) is 0 Å². The van der Waals surface area contributed by atoms with Crippen LogP contribution in [0.4, 0.5) is 8.78 Å². The van der Waals surface area contributed by atoms with E-state index in [9.17, 15) is 8.78 Å². The standard InChI is InChI=1S/C15H14F2INO/c1-19-15(10-7-6-9(16)8-12(10)18)11-4-3-5-13(20-2)14(11)17/h3-8,15,19H,1-2H3. The van der Waals surface area contributed by atoms with Gasteiger partial charge in [-0.05, 0) is 53.4 Å². The highest BCUT2D eigenvalue weighted by atomic mass is 127. The van der Waals surface area contributed by atoms with Crippen LogP contribution in [0.2, 0.25) is 0 Å². The zero-order valence-corrected chi connectivity index (χ0v) is 13.2. The molecule has 2 rings (SSSR count). The van der Waals surface area contributed by atoms with Crippen LogP contribution in [0.5, 0.6) is 5.75 Å². The minimum Gasteiger partial charge on any atom is -0.494 e. The summed E-state index contributed by atoms with van der Waals surface area (Å²) in [5.41, 5.74) is 1.29. The quantitative estimate of drug-likeness (QED) is 0.802. The van der Waals surface area contributed by atoms with Gasteiger partial charge < -0.3 is 10.1 Å². The molecule has 2 aromatic carbocycles. The van der Waals surface area contributed by atoms with Crippen molar-refractivity contribution in [1.82, 2.24) is 5.32 Å². The molecule has 2 nitrogen and oxygen atoms in total. The van der Waals surface area contributed by atoms with Crippen molar-refractivity contribution in [2.45, 2.75) is 6.04 Å². The lowest BCUT2D eigenvalue weighted by atomic mass is 9.98. The van der Waals surface area contributed by atoms with Crippen molar-refractivity contribution in [3.8, 4) is 5.75 Å². The smallest absolute Gasteiger partial charge is 0.170 e.